The minimum Gasteiger partial charge on any atom is -0.460 e. The number of allylic oxidation sites excluding steroid dienone is 1. The number of nitrogens with zero attached hydrogens (tertiary/aromatic N) is 1. The molecule has 1 aromatic heterocycles. The van der Waals surface area contributed by atoms with E-state index in [0.717, 1.165) is 0 Å². The molecule has 1 aromatic carbocycles. The highest BCUT2D eigenvalue weighted by Gasteiger charge is 2.36. The Morgan fingerprint density at radius 1 is 1.30 bits per heavy atom. The molecule has 3 rings (SSSR count). The summed E-state index contributed by atoms with van der Waals surface area (Å²) in [5.41, 5.74) is 1.42. The van der Waals surface area contributed by atoms with Crippen molar-refractivity contribution in [2.45, 2.75) is 37.9 Å². The number of carbonyl (C=O) groups excluding carboxylic acids is 1. The molecular weight excluding hydrogens is 369 g/mol. The third kappa shape index (κ3) is 3.75. The first-order chi connectivity index (χ1) is 12.8. The quantitative estimate of drug-likeness (QED) is 0.474. The van der Waals surface area contributed by atoms with Gasteiger partial charge in [0.2, 0.25) is 0 Å². The van der Waals surface area contributed by atoms with Crippen LogP contribution < -0.4 is 10.9 Å². The van der Waals surface area contributed by atoms with Crippen LogP contribution in [0.5, 0.6) is 0 Å². The minimum atomic E-state index is -0.708. The van der Waals surface area contributed by atoms with E-state index in [-0.39, 0.29) is 11.7 Å². The predicted molar refractivity (Wildman–Crippen MR) is 102 cm³/mol. The van der Waals surface area contributed by atoms with E-state index >= 15 is 0 Å². The number of anilines is 1. The van der Waals surface area contributed by atoms with Crippen molar-refractivity contribution in [1.82, 2.24) is 9.97 Å². The summed E-state index contributed by atoms with van der Waals surface area (Å²) in [6.07, 6.45) is 1.49. The second kappa shape index (κ2) is 7.56. The molecule has 2 aromatic rings. The lowest BCUT2D eigenvalue weighted by atomic mass is 9.82. The third-order valence-electron chi connectivity index (χ3n) is 4.18. The van der Waals surface area contributed by atoms with Crippen molar-refractivity contribution in [3.63, 3.8) is 0 Å². The number of aromatic amines is 1. The summed E-state index contributed by atoms with van der Waals surface area (Å²) < 4.78 is 18.8. The number of H-pyrrole nitrogens is 1. The lowest BCUT2D eigenvalue weighted by molar-refractivity contribution is -0.143. The van der Waals surface area contributed by atoms with Gasteiger partial charge in [-0.05, 0) is 44.7 Å². The molecule has 2 heterocycles. The Kier molecular flexibility index (Phi) is 5.36. The number of fused-ring (bicyclic) bond motifs is 1. The molecular formula is C19H20FN3O3S. The van der Waals surface area contributed by atoms with Crippen LogP contribution in [0.2, 0.25) is 0 Å². The maximum absolute atomic E-state index is 13.4. The smallest absolute Gasteiger partial charge is 0.337 e. The first-order valence-electron chi connectivity index (χ1n) is 8.44. The van der Waals surface area contributed by atoms with Crippen LogP contribution in [0, 0.1) is 5.82 Å². The summed E-state index contributed by atoms with van der Waals surface area (Å²) in [5.74, 6) is -1.25. The zero-order valence-electron chi connectivity index (χ0n) is 15.4. The van der Waals surface area contributed by atoms with Crippen LogP contribution in [-0.2, 0) is 9.53 Å². The van der Waals surface area contributed by atoms with Crippen molar-refractivity contribution in [2.75, 3.05) is 11.6 Å². The van der Waals surface area contributed by atoms with Crippen LogP contribution in [0.25, 0.3) is 0 Å². The molecule has 0 saturated carbocycles. The molecule has 27 heavy (non-hydrogen) atoms. The summed E-state index contributed by atoms with van der Waals surface area (Å²) in [7, 11) is 0. The minimum absolute atomic E-state index is 0.306. The van der Waals surface area contributed by atoms with Gasteiger partial charge in [0.25, 0.3) is 5.56 Å². The number of hydrogen-bond donors (Lipinski definition) is 2. The summed E-state index contributed by atoms with van der Waals surface area (Å²) in [4.78, 5) is 32.7. The van der Waals surface area contributed by atoms with Crippen LogP contribution >= 0.6 is 11.8 Å². The van der Waals surface area contributed by atoms with Gasteiger partial charge in [-0.15, -0.1) is 0 Å². The first kappa shape index (κ1) is 19.2. The van der Waals surface area contributed by atoms with Crippen molar-refractivity contribution in [3.8, 4) is 0 Å². The molecule has 6 nitrogen and oxygen atoms in total. The normalized spacial score (nSPS) is 16.1. The largest absolute Gasteiger partial charge is 0.460 e. The molecule has 142 valence electrons. The fourth-order valence-electron chi connectivity index (χ4n) is 3.06. The number of rotatable bonds is 4. The standard InChI is InChI=1S/C19H20FN3O3S/c1-9(2)26-18(25)13-10(3)21-16-15(17(24)23-19(22-16)27-4)14(13)11-5-7-12(20)8-6-11/h5-9,14H,1-4H3,(H2,21,22,23,24). The van der Waals surface area contributed by atoms with Gasteiger partial charge in [0.05, 0.1) is 23.2 Å². The molecule has 0 saturated heterocycles. The molecule has 1 aliphatic heterocycles. The molecule has 0 aliphatic carbocycles. The lowest BCUT2D eigenvalue weighted by Gasteiger charge is -2.29. The summed E-state index contributed by atoms with van der Waals surface area (Å²) in [6.45, 7) is 5.24. The Morgan fingerprint density at radius 2 is 1.96 bits per heavy atom. The van der Waals surface area contributed by atoms with E-state index in [4.69, 9.17) is 4.74 Å². The summed E-state index contributed by atoms with van der Waals surface area (Å²) >= 11 is 1.31. The molecule has 1 aliphatic rings. The Hall–Kier alpha value is -2.61. The second-order valence-corrected chi connectivity index (χ2v) is 7.23. The Bertz CT molecular complexity index is 967. The lowest BCUT2D eigenvalue weighted by Crippen LogP contribution is -2.31. The Labute approximate surface area is 160 Å². The van der Waals surface area contributed by atoms with Crippen LogP contribution in [0.1, 0.15) is 37.8 Å². The van der Waals surface area contributed by atoms with Gasteiger partial charge in [-0.25, -0.2) is 14.2 Å². The average Bonchev–Trinajstić information content (AvgIpc) is 2.60. The van der Waals surface area contributed by atoms with Gasteiger partial charge < -0.3 is 15.0 Å². The molecule has 0 fully saturated rings. The number of thioether (sulfide) groups is 1. The predicted octanol–water partition coefficient (Wildman–Crippen LogP) is 3.41. The van der Waals surface area contributed by atoms with E-state index < -0.39 is 17.7 Å². The van der Waals surface area contributed by atoms with Crippen molar-refractivity contribution < 1.29 is 13.9 Å². The Morgan fingerprint density at radius 3 is 2.56 bits per heavy atom. The van der Waals surface area contributed by atoms with Crippen molar-refractivity contribution in [2.24, 2.45) is 0 Å². The van der Waals surface area contributed by atoms with Gasteiger partial charge in [0, 0.05) is 5.70 Å². The molecule has 2 N–H and O–H groups in total. The van der Waals surface area contributed by atoms with E-state index in [1.165, 1.54) is 23.9 Å². The number of carbonyl (C=O) groups is 1. The zero-order chi connectivity index (χ0) is 19.7. The summed E-state index contributed by atoms with van der Waals surface area (Å²) in [6, 6.07) is 5.73. The van der Waals surface area contributed by atoms with Crippen LogP contribution in [0.3, 0.4) is 0 Å². The molecule has 8 heteroatoms. The molecule has 1 unspecified atom stereocenters. The van der Waals surface area contributed by atoms with Crippen molar-refractivity contribution >= 4 is 23.5 Å². The number of halogens is 1. The highest BCUT2D eigenvalue weighted by Crippen LogP contribution is 2.40. The number of benzene rings is 1. The number of aromatic nitrogens is 2. The molecule has 0 radical (unpaired) electrons. The van der Waals surface area contributed by atoms with Crippen LogP contribution in [0.15, 0.2) is 45.5 Å². The topological polar surface area (TPSA) is 84.1 Å². The van der Waals surface area contributed by atoms with Gasteiger partial charge in [-0.2, -0.15) is 0 Å². The number of esters is 1. The highest BCUT2D eigenvalue weighted by atomic mass is 32.2. The number of nitrogens with one attached hydrogen (secondary N) is 2. The molecule has 1 atom stereocenters. The summed E-state index contributed by atoms with van der Waals surface area (Å²) in [5, 5.41) is 3.51. The van der Waals surface area contributed by atoms with Gasteiger partial charge in [0.1, 0.15) is 11.6 Å². The molecule has 0 amide bonds. The second-order valence-electron chi connectivity index (χ2n) is 6.44. The monoisotopic (exact) mass is 389 g/mol. The van der Waals surface area contributed by atoms with Crippen molar-refractivity contribution in [3.05, 3.63) is 62.8 Å². The van der Waals surface area contributed by atoms with E-state index in [1.54, 1.807) is 39.2 Å². The highest BCUT2D eigenvalue weighted by molar-refractivity contribution is 7.98. The average molecular weight is 389 g/mol. The van der Waals surface area contributed by atoms with Gasteiger partial charge in [-0.3, -0.25) is 4.79 Å². The first-order valence-corrected chi connectivity index (χ1v) is 9.66. The van der Waals surface area contributed by atoms with E-state index in [9.17, 15) is 14.0 Å². The number of hydrogen-bond acceptors (Lipinski definition) is 6. The number of ether oxygens (including phenoxy) is 1. The Balaban J connectivity index is 2.23. The van der Waals surface area contributed by atoms with Crippen molar-refractivity contribution in [1.29, 1.82) is 0 Å². The van der Waals surface area contributed by atoms with Crippen LogP contribution in [-0.4, -0.2) is 28.3 Å². The third-order valence-corrected chi connectivity index (χ3v) is 4.76. The van der Waals surface area contributed by atoms with Crippen LogP contribution in [0.4, 0.5) is 10.2 Å². The molecule has 0 spiro atoms. The van der Waals surface area contributed by atoms with E-state index in [2.05, 4.69) is 15.3 Å². The maximum atomic E-state index is 13.4. The zero-order valence-corrected chi connectivity index (χ0v) is 16.2. The molecule has 0 bridgehead atoms. The van der Waals surface area contributed by atoms with Gasteiger partial charge >= 0.3 is 5.97 Å². The van der Waals surface area contributed by atoms with E-state index in [1.807, 2.05) is 0 Å². The maximum Gasteiger partial charge on any atom is 0.337 e. The van der Waals surface area contributed by atoms with E-state index in [0.29, 0.717) is 33.4 Å². The SMILES string of the molecule is CSc1nc2c(c(=O)[nH]1)C(c1ccc(F)cc1)C(C(=O)OC(C)C)=C(C)N2. The van der Waals surface area contributed by atoms with Gasteiger partial charge in [-0.1, -0.05) is 23.9 Å². The fourth-order valence-corrected chi connectivity index (χ4v) is 3.44. The fraction of sp³-hybridized carbons (Fsp3) is 0.316. The van der Waals surface area contributed by atoms with Gasteiger partial charge in [0.15, 0.2) is 5.16 Å².